The van der Waals surface area contributed by atoms with Crippen LogP contribution in [0.2, 0.25) is 0 Å². The number of aryl methyl sites for hydroxylation is 1. The van der Waals surface area contributed by atoms with Gasteiger partial charge in [0.1, 0.15) is 5.76 Å². The predicted molar refractivity (Wildman–Crippen MR) is 101 cm³/mol. The highest BCUT2D eigenvalue weighted by Crippen LogP contribution is 2.25. The molecule has 2 aromatic heterocycles. The fourth-order valence-electron chi connectivity index (χ4n) is 2.60. The quantitative estimate of drug-likeness (QED) is 0.528. The SMILES string of the molecule is CCC(Sc1nc2ccccc2c(=O)n1CC)C(=O)Nc1cc(C)on1. The number of aromatic nitrogens is 3. The molecule has 3 aromatic rings. The number of carbonyl (C=O) groups excluding carboxylic acids is 1. The van der Waals surface area contributed by atoms with Crippen LogP contribution < -0.4 is 10.9 Å². The lowest BCUT2D eigenvalue weighted by Crippen LogP contribution is -2.28. The summed E-state index contributed by atoms with van der Waals surface area (Å²) >= 11 is 1.28. The largest absolute Gasteiger partial charge is 0.360 e. The Morgan fingerprint density at radius 1 is 1.35 bits per heavy atom. The van der Waals surface area contributed by atoms with Crippen molar-refractivity contribution in [3.05, 3.63) is 46.4 Å². The lowest BCUT2D eigenvalue weighted by Gasteiger charge is -2.16. The van der Waals surface area contributed by atoms with E-state index in [1.54, 1.807) is 29.7 Å². The fourth-order valence-corrected chi connectivity index (χ4v) is 3.68. The molecule has 0 aliphatic carbocycles. The Labute approximate surface area is 154 Å². The average Bonchev–Trinajstić information content (AvgIpc) is 3.04. The third-order valence-electron chi connectivity index (χ3n) is 3.93. The van der Waals surface area contributed by atoms with E-state index in [2.05, 4.69) is 15.5 Å². The van der Waals surface area contributed by atoms with Crippen molar-refractivity contribution in [2.75, 3.05) is 5.32 Å². The van der Waals surface area contributed by atoms with Gasteiger partial charge in [-0.2, -0.15) is 0 Å². The number of thioether (sulfide) groups is 1. The molecular formula is C18H20N4O3S. The van der Waals surface area contributed by atoms with E-state index in [9.17, 15) is 9.59 Å². The molecule has 7 nitrogen and oxygen atoms in total. The van der Waals surface area contributed by atoms with Gasteiger partial charge in [-0.1, -0.05) is 36.0 Å². The molecule has 136 valence electrons. The van der Waals surface area contributed by atoms with Gasteiger partial charge in [0.25, 0.3) is 5.56 Å². The first-order valence-corrected chi connectivity index (χ1v) is 9.31. The molecule has 0 aliphatic rings. The molecule has 0 bridgehead atoms. The summed E-state index contributed by atoms with van der Waals surface area (Å²) in [4.78, 5) is 29.9. The third kappa shape index (κ3) is 3.65. The number of hydrogen-bond acceptors (Lipinski definition) is 6. The van der Waals surface area contributed by atoms with Crippen molar-refractivity contribution in [2.24, 2.45) is 0 Å². The second-order valence-corrected chi connectivity index (χ2v) is 6.96. The van der Waals surface area contributed by atoms with Gasteiger partial charge in [0.15, 0.2) is 11.0 Å². The van der Waals surface area contributed by atoms with Crippen LogP contribution in [0.3, 0.4) is 0 Å². The Morgan fingerprint density at radius 2 is 2.12 bits per heavy atom. The van der Waals surface area contributed by atoms with Crippen molar-refractivity contribution in [2.45, 2.75) is 44.1 Å². The van der Waals surface area contributed by atoms with Gasteiger partial charge in [-0.15, -0.1) is 0 Å². The maximum atomic E-state index is 12.7. The Kier molecular flexibility index (Phi) is 5.41. The molecule has 0 saturated heterocycles. The highest BCUT2D eigenvalue weighted by Gasteiger charge is 2.22. The van der Waals surface area contributed by atoms with Gasteiger partial charge in [-0.3, -0.25) is 14.2 Å². The van der Waals surface area contributed by atoms with Crippen LogP contribution in [0.1, 0.15) is 26.0 Å². The molecule has 1 aromatic carbocycles. The lowest BCUT2D eigenvalue weighted by atomic mass is 10.2. The van der Waals surface area contributed by atoms with Crippen molar-refractivity contribution in [3.8, 4) is 0 Å². The fraction of sp³-hybridized carbons (Fsp3) is 0.333. The van der Waals surface area contributed by atoms with E-state index < -0.39 is 5.25 Å². The van der Waals surface area contributed by atoms with Gasteiger partial charge in [-0.25, -0.2) is 4.98 Å². The van der Waals surface area contributed by atoms with E-state index in [0.717, 1.165) is 0 Å². The van der Waals surface area contributed by atoms with Crippen LogP contribution in [0.25, 0.3) is 10.9 Å². The molecule has 1 amide bonds. The van der Waals surface area contributed by atoms with Crippen molar-refractivity contribution in [3.63, 3.8) is 0 Å². The number of amides is 1. The summed E-state index contributed by atoms with van der Waals surface area (Å²) in [6.07, 6.45) is 0.583. The van der Waals surface area contributed by atoms with Gasteiger partial charge in [0.05, 0.1) is 16.2 Å². The monoisotopic (exact) mass is 372 g/mol. The summed E-state index contributed by atoms with van der Waals surface area (Å²) in [6, 6.07) is 8.89. The minimum absolute atomic E-state index is 0.0945. The lowest BCUT2D eigenvalue weighted by molar-refractivity contribution is -0.115. The van der Waals surface area contributed by atoms with Gasteiger partial charge in [0.2, 0.25) is 5.91 Å². The van der Waals surface area contributed by atoms with Crippen LogP contribution in [0.15, 0.2) is 44.8 Å². The van der Waals surface area contributed by atoms with E-state index in [1.165, 1.54) is 11.8 Å². The maximum Gasteiger partial charge on any atom is 0.262 e. The Bertz CT molecular complexity index is 996. The zero-order valence-corrected chi connectivity index (χ0v) is 15.7. The number of anilines is 1. The molecule has 26 heavy (non-hydrogen) atoms. The average molecular weight is 372 g/mol. The van der Waals surface area contributed by atoms with Crippen LogP contribution >= 0.6 is 11.8 Å². The van der Waals surface area contributed by atoms with E-state index in [4.69, 9.17) is 4.52 Å². The standard InChI is InChI=1S/C18H20N4O3S/c1-4-14(16(23)20-15-10-11(3)25-21-15)26-18-19-13-9-7-6-8-12(13)17(24)22(18)5-2/h6-10,14H,4-5H2,1-3H3,(H,20,21,23). The van der Waals surface area contributed by atoms with Gasteiger partial charge in [0, 0.05) is 12.6 Å². The first kappa shape index (κ1) is 18.2. The molecule has 2 heterocycles. The van der Waals surface area contributed by atoms with Gasteiger partial charge in [-0.05, 0) is 32.4 Å². The highest BCUT2D eigenvalue weighted by atomic mass is 32.2. The van der Waals surface area contributed by atoms with E-state index >= 15 is 0 Å². The minimum Gasteiger partial charge on any atom is -0.360 e. The zero-order valence-electron chi connectivity index (χ0n) is 14.9. The summed E-state index contributed by atoms with van der Waals surface area (Å²) < 4.78 is 6.57. The van der Waals surface area contributed by atoms with Crippen LogP contribution in [-0.4, -0.2) is 25.9 Å². The summed E-state index contributed by atoms with van der Waals surface area (Å²) in [5, 5.41) is 7.23. The van der Waals surface area contributed by atoms with Crippen molar-refractivity contribution in [1.82, 2.24) is 14.7 Å². The molecule has 0 spiro atoms. The minimum atomic E-state index is -0.405. The zero-order chi connectivity index (χ0) is 18.7. The number of nitrogens with zero attached hydrogens (tertiary/aromatic N) is 3. The second-order valence-electron chi connectivity index (χ2n) is 5.79. The van der Waals surface area contributed by atoms with Gasteiger partial charge < -0.3 is 9.84 Å². The van der Waals surface area contributed by atoms with E-state index in [-0.39, 0.29) is 11.5 Å². The Hall–Kier alpha value is -2.61. The highest BCUT2D eigenvalue weighted by molar-refractivity contribution is 8.00. The topological polar surface area (TPSA) is 90.0 Å². The number of rotatable bonds is 6. The predicted octanol–water partition coefficient (Wildman–Crippen LogP) is 3.22. The number of carbonyl (C=O) groups is 1. The van der Waals surface area contributed by atoms with Crippen LogP contribution in [0.4, 0.5) is 5.82 Å². The molecule has 0 aliphatic heterocycles. The Morgan fingerprint density at radius 3 is 2.77 bits per heavy atom. The number of fused-ring (bicyclic) bond motifs is 1. The maximum absolute atomic E-state index is 12.7. The Balaban J connectivity index is 1.90. The molecule has 3 rings (SSSR count). The van der Waals surface area contributed by atoms with Crippen LogP contribution in [0, 0.1) is 6.92 Å². The second kappa shape index (κ2) is 7.74. The molecule has 1 N–H and O–H groups in total. The summed E-state index contributed by atoms with van der Waals surface area (Å²) in [6.45, 7) is 6.05. The number of para-hydroxylation sites is 1. The van der Waals surface area contributed by atoms with E-state index in [1.807, 2.05) is 26.0 Å². The van der Waals surface area contributed by atoms with Crippen molar-refractivity contribution >= 4 is 34.4 Å². The molecule has 8 heteroatoms. The molecule has 0 radical (unpaired) electrons. The smallest absolute Gasteiger partial charge is 0.262 e. The first-order chi connectivity index (χ1) is 12.5. The molecule has 1 unspecified atom stereocenters. The van der Waals surface area contributed by atoms with Crippen molar-refractivity contribution in [1.29, 1.82) is 0 Å². The molecular weight excluding hydrogens is 352 g/mol. The summed E-state index contributed by atoms with van der Waals surface area (Å²) in [5.41, 5.74) is 0.537. The number of nitrogens with one attached hydrogen (secondary N) is 1. The van der Waals surface area contributed by atoms with Crippen molar-refractivity contribution < 1.29 is 9.32 Å². The third-order valence-corrected chi connectivity index (χ3v) is 5.29. The molecule has 0 fully saturated rings. The number of benzene rings is 1. The molecule has 0 saturated carbocycles. The normalized spacial score (nSPS) is 12.3. The summed E-state index contributed by atoms with van der Waals surface area (Å²) in [7, 11) is 0. The van der Waals surface area contributed by atoms with Gasteiger partial charge >= 0.3 is 0 Å². The first-order valence-electron chi connectivity index (χ1n) is 8.43. The van der Waals surface area contributed by atoms with Crippen LogP contribution in [-0.2, 0) is 11.3 Å². The number of hydrogen-bond donors (Lipinski definition) is 1. The summed E-state index contributed by atoms with van der Waals surface area (Å²) in [5.74, 6) is 0.804. The molecule has 1 atom stereocenters. The van der Waals surface area contributed by atoms with E-state index in [0.29, 0.717) is 40.6 Å². The van der Waals surface area contributed by atoms with Crippen LogP contribution in [0.5, 0.6) is 0 Å².